The van der Waals surface area contributed by atoms with Crippen molar-refractivity contribution in [2.75, 3.05) is 10.6 Å². The number of aromatic hydroxyl groups is 1. The van der Waals surface area contributed by atoms with E-state index in [1.165, 1.54) is 48.5 Å². The van der Waals surface area contributed by atoms with Gasteiger partial charge in [-0.2, -0.15) is 58.9 Å². The van der Waals surface area contributed by atoms with E-state index in [2.05, 4.69) is 46.0 Å². The first-order valence-electron chi connectivity index (χ1n) is 17.5. The highest BCUT2D eigenvalue weighted by atomic mass is 32.2. The zero-order valence-electron chi connectivity index (χ0n) is 32.0. The van der Waals surface area contributed by atoms with E-state index >= 15 is 0 Å². The Morgan fingerprint density at radius 3 is 1.16 bits per heavy atom. The fourth-order valence-corrected chi connectivity index (χ4v) is 9.44. The Hall–Kier alpha value is -6.91. The fourth-order valence-electron chi connectivity index (χ4n) is 6.37. The van der Waals surface area contributed by atoms with Crippen LogP contribution in [0.3, 0.4) is 0 Å². The molecule has 0 radical (unpaired) electrons. The number of benzene rings is 6. The van der Waals surface area contributed by atoms with Gasteiger partial charge in [-0.1, -0.05) is 36.4 Å². The van der Waals surface area contributed by atoms with Gasteiger partial charge in [0.15, 0.2) is 0 Å². The molecule has 6 aromatic carbocycles. The quantitative estimate of drug-likeness (QED) is 0.0453. The van der Waals surface area contributed by atoms with Crippen LogP contribution in [0, 0.1) is 13.8 Å². The number of hydrogen-bond acceptors (Lipinski definition) is 18. The SMILES string of the molecule is Cc1cc(Nc2nc(O)nc(Nc3ccc(/N=N/c4ccc5c(S(=O)(=O)O)cccc5c4S(=O)(=O)O)c(C)c3)n2)ccc1/N=N/c1ccc2c(S(=O)(=O)O)cccc2c1S(=O)(=O)O. The van der Waals surface area contributed by atoms with Crippen LogP contribution in [-0.4, -0.2) is 71.9 Å². The van der Waals surface area contributed by atoms with Crippen molar-refractivity contribution in [3.05, 3.63) is 108 Å². The van der Waals surface area contributed by atoms with Crippen LogP contribution in [0.4, 0.5) is 46.0 Å². The maximum atomic E-state index is 12.4. The molecule has 0 atom stereocenters. The standard InChI is InChI=1S/C37H29N9O13S4/c1-19-17-21(9-13-27(19)43-45-29-15-11-23-25(33(29)62(54,55)56)5-3-7-31(23)60(48,49)50)38-35-40-36(42-37(47)41-35)39-22-10-14-28(20(2)18-22)44-46-30-16-12-24-26(34(30)63(57,58)59)6-4-8-32(24)61(51,52)53/h3-18H,1-2H3,(H,48,49,50)(H,51,52,53)(H,54,55,56)(H,57,58,59)(H3,38,39,40,41,42,47)/b45-43+,46-44+. The lowest BCUT2D eigenvalue weighted by Gasteiger charge is -2.11. The van der Waals surface area contributed by atoms with Crippen LogP contribution in [-0.2, 0) is 40.5 Å². The van der Waals surface area contributed by atoms with Gasteiger partial charge >= 0.3 is 6.01 Å². The zero-order chi connectivity index (χ0) is 45.6. The van der Waals surface area contributed by atoms with Crippen LogP contribution >= 0.6 is 0 Å². The molecule has 0 saturated carbocycles. The van der Waals surface area contributed by atoms with E-state index in [1.54, 1.807) is 38.1 Å². The molecule has 26 heteroatoms. The molecule has 0 bridgehead atoms. The van der Waals surface area contributed by atoms with Gasteiger partial charge < -0.3 is 15.7 Å². The van der Waals surface area contributed by atoms with Gasteiger partial charge in [0.1, 0.15) is 31.0 Å². The van der Waals surface area contributed by atoms with Crippen LogP contribution in [0.1, 0.15) is 11.1 Å². The average molecular weight is 936 g/mol. The summed E-state index contributed by atoms with van der Waals surface area (Å²) in [5.41, 5.74) is 1.75. The van der Waals surface area contributed by atoms with Gasteiger partial charge in [-0.15, -0.1) is 10.2 Å². The van der Waals surface area contributed by atoms with Gasteiger partial charge in [0, 0.05) is 32.9 Å². The molecule has 7 rings (SSSR count). The average Bonchev–Trinajstić information content (AvgIpc) is 3.17. The largest absolute Gasteiger partial charge is 0.479 e. The fraction of sp³-hybridized carbons (Fsp3) is 0.0541. The number of nitrogens with one attached hydrogen (secondary N) is 2. The Bertz CT molecular complexity index is 3340. The van der Waals surface area contributed by atoms with Gasteiger partial charge in [-0.3, -0.25) is 18.2 Å². The summed E-state index contributed by atoms with van der Waals surface area (Å²) in [6, 6.07) is 20.4. The van der Waals surface area contributed by atoms with Gasteiger partial charge in [0.2, 0.25) is 11.9 Å². The lowest BCUT2D eigenvalue weighted by atomic mass is 10.1. The van der Waals surface area contributed by atoms with Crippen LogP contribution in [0.5, 0.6) is 6.01 Å². The number of nitrogens with zero attached hydrogens (tertiary/aromatic N) is 7. The van der Waals surface area contributed by atoms with E-state index in [9.17, 15) is 57.0 Å². The summed E-state index contributed by atoms with van der Waals surface area (Å²) in [4.78, 5) is 9.49. The number of hydrogen-bond donors (Lipinski definition) is 7. The number of anilines is 4. The minimum absolute atomic E-state index is 0.0899. The minimum Gasteiger partial charge on any atom is -0.479 e. The molecule has 0 aliphatic carbocycles. The lowest BCUT2D eigenvalue weighted by molar-refractivity contribution is 0.430. The Labute approximate surface area is 357 Å². The van der Waals surface area contributed by atoms with Gasteiger partial charge in [-0.25, -0.2) is 0 Å². The maximum absolute atomic E-state index is 12.4. The second-order valence-corrected chi connectivity index (χ2v) is 18.9. The second-order valence-electron chi connectivity index (χ2n) is 13.4. The predicted molar refractivity (Wildman–Crippen MR) is 226 cm³/mol. The van der Waals surface area contributed by atoms with Crippen molar-refractivity contribution in [2.24, 2.45) is 20.5 Å². The topological polar surface area (TPSA) is 350 Å². The molecule has 0 aliphatic heterocycles. The van der Waals surface area contributed by atoms with Crippen molar-refractivity contribution < 1.29 is 57.0 Å². The second kappa shape index (κ2) is 16.4. The molecule has 22 nitrogen and oxygen atoms in total. The molecule has 7 aromatic rings. The normalized spacial score (nSPS) is 12.7. The molecule has 0 aliphatic rings. The molecule has 0 unspecified atom stereocenters. The third-order valence-corrected chi connectivity index (χ3v) is 12.7. The molecule has 1 heterocycles. The molecule has 0 spiro atoms. The van der Waals surface area contributed by atoms with Crippen LogP contribution < -0.4 is 10.6 Å². The van der Waals surface area contributed by atoms with Crippen molar-refractivity contribution in [1.29, 1.82) is 0 Å². The highest BCUT2D eigenvalue weighted by molar-refractivity contribution is 7.87. The highest BCUT2D eigenvalue weighted by Gasteiger charge is 2.25. The Kier molecular flexibility index (Phi) is 11.5. The molecular weight excluding hydrogens is 907 g/mol. The number of azo groups is 2. The summed E-state index contributed by atoms with van der Waals surface area (Å²) in [5.74, 6) is -0.180. The lowest BCUT2D eigenvalue weighted by Crippen LogP contribution is -2.03. The van der Waals surface area contributed by atoms with Crippen molar-refractivity contribution in [3.63, 3.8) is 0 Å². The van der Waals surface area contributed by atoms with Gasteiger partial charge in [-0.05, 0) is 85.6 Å². The van der Waals surface area contributed by atoms with Crippen molar-refractivity contribution >= 4 is 108 Å². The maximum Gasteiger partial charge on any atom is 0.320 e. The first-order chi connectivity index (χ1) is 29.5. The Balaban J connectivity index is 1.09. The van der Waals surface area contributed by atoms with Gasteiger partial charge in [0.05, 0.1) is 11.4 Å². The molecule has 0 amide bonds. The number of rotatable bonds is 12. The van der Waals surface area contributed by atoms with Crippen molar-refractivity contribution in [3.8, 4) is 6.01 Å². The molecule has 324 valence electrons. The molecule has 63 heavy (non-hydrogen) atoms. The van der Waals surface area contributed by atoms with E-state index in [0.717, 1.165) is 24.3 Å². The summed E-state index contributed by atoms with van der Waals surface area (Å²) >= 11 is 0. The smallest absolute Gasteiger partial charge is 0.320 e. The molecule has 1 aromatic heterocycles. The van der Waals surface area contributed by atoms with Crippen LogP contribution in [0.2, 0.25) is 0 Å². The predicted octanol–water partition coefficient (Wildman–Crippen LogP) is 7.81. The minimum atomic E-state index is -4.97. The van der Waals surface area contributed by atoms with E-state index in [-0.39, 0.29) is 56.2 Å². The summed E-state index contributed by atoms with van der Waals surface area (Å²) in [7, 11) is -19.4. The first kappa shape index (κ1) is 44.2. The van der Waals surface area contributed by atoms with E-state index in [0.29, 0.717) is 22.5 Å². The highest BCUT2D eigenvalue weighted by Crippen LogP contribution is 2.38. The van der Waals surface area contributed by atoms with Crippen LogP contribution in [0.15, 0.2) is 137 Å². The van der Waals surface area contributed by atoms with E-state index in [1.807, 2.05) is 0 Å². The van der Waals surface area contributed by atoms with E-state index < -0.39 is 66.1 Å². The summed E-state index contributed by atoms with van der Waals surface area (Å²) in [6.07, 6.45) is 0. The Morgan fingerprint density at radius 2 is 0.810 bits per heavy atom. The monoisotopic (exact) mass is 935 g/mol. The number of aromatic nitrogens is 3. The third-order valence-electron chi connectivity index (χ3n) is 9.03. The Morgan fingerprint density at radius 1 is 0.444 bits per heavy atom. The summed E-state index contributed by atoms with van der Waals surface area (Å²) in [6.45, 7) is 3.31. The van der Waals surface area contributed by atoms with E-state index in [4.69, 9.17) is 0 Å². The van der Waals surface area contributed by atoms with Crippen LogP contribution in [0.25, 0.3) is 21.5 Å². The molecule has 0 fully saturated rings. The van der Waals surface area contributed by atoms with Crippen molar-refractivity contribution in [2.45, 2.75) is 33.4 Å². The first-order valence-corrected chi connectivity index (χ1v) is 23.3. The zero-order valence-corrected chi connectivity index (χ0v) is 35.3. The van der Waals surface area contributed by atoms with Gasteiger partial charge in [0.25, 0.3) is 40.5 Å². The molecule has 7 N–H and O–H groups in total. The number of fused-ring (bicyclic) bond motifs is 2. The van der Waals surface area contributed by atoms with Crippen molar-refractivity contribution in [1.82, 2.24) is 15.0 Å². The summed E-state index contributed by atoms with van der Waals surface area (Å²) < 4.78 is 136. The number of aryl methyl sites for hydroxylation is 2. The third kappa shape index (κ3) is 9.61. The summed E-state index contributed by atoms with van der Waals surface area (Å²) in [5, 5.41) is 31.6. The molecular formula is C37H29N9O13S4. The molecule has 0 saturated heterocycles.